The van der Waals surface area contributed by atoms with Gasteiger partial charge in [-0.25, -0.2) is 19.9 Å². The van der Waals surface area contributed by atoms with Gasteiger partial charge in [0.2, 0.25) is 5.95 Å². The predicted octanol–water partition coefficient (Wildman–Crippen LogP) is 5.46. The van der Waals surface area contributed by atoms with Crippen LogP contribution in [-0.4, -0.2) is 29.1 Å². The standard InChI is InChI=1S/C26H16N6/c1-3-9-21-17(7-1)19-12-13-20-18-8-2-4-10-22(18)32(26-29-15-27-16-30-26)25(20)24(19)31(21)23-11-5-6-14-28-23/h1-16H. The van der Waals surface area contributed by atoms with E-state index in [1.54, 1.807) is 0 Å². The van der Waals surface area contributed by atoms with Crippen molar-refractivity contribution in [2.45, 2.75) is 0 Å². The summed E-state index contributed by atoms with van der Waals surface area (Å²) < 4.78 is 4.37. The van der Waals surface area contributed by atoms with Crippen molar-refractivity contribution < 1.29 is 0 Å². The highest BCUT2D eigenvalue weighted by atomic mass is 15.2. The molecule has 0 saturated heterocycles. The lowest BCUT2D eigenvalue weighted by atomic mass is 10.1. The fraction of sp³-hybridized carbons (Fsp3) is 0. The molecule has 0 atom stereocenters. The van der Waals surface area contributed by atoms with Crippen molar-refractivity contribution in [3.05, 3.63) is 97.7 Å². The van der Waals surface area contributed by atoms with Crippen molar-refractivity contribution in [3.8, 4) is 11.8 Å². The van der Waals surface area contributed by atoms with Crippen LogP contribution in [0, 0.1) is 0 Å². The average Bonchev–Trinajstić information content (AvgIpc) is 3.38. The van der Waals surface area contributed by atoms with Crippen LogP contribution in [-0.2, 0) is 0 Å². The fourth-order valence-electron chi connectivity index (χ4n) is 4.78. The van der Waals surface area contributed by atoms with Crippen molar-refractivity contribution in [1.82, 2.24) is 29.1 Å². The zero-order valence-corrected chi connectivity index (χ0v) is 16.9. The van der Waals surface area contributed by atoms with Crippen molar-refractivity contribution in [2.75, 3.05) is 0 Å². The summed E-state index contributed by atoms with van der Waals surface area (Å²) >= 11 is 0. The molecule has 150 valence electrons. The van der Waals surface area contributed by atoms with E-state index < -0.39 is 0 Å². The Morgan fingerprint density at radius 1 is 0.500 bits per heavy atom. The Hall–Kier alpha value is -4.58. The Kier molecular flexibility index (Phi) is 3.46. The zero-order chi connectivity index (χ0) is 21.1. The van der Waals surface area contributed by atoms with Gasteiger partial charge in [-0.15, -0.1) is 0 Å². The monoisotopic (exact) mass is 412 g/mol. The molecule has 32 heavy (non-hydrogen) atoms. The van der Waals surface area contributed by atoms with Gasteiger partial charge < -0.3 is 0 Å². The lowest BCUT2D eigenvalue weighted by Crippen LogP contribution is -2.03. The second-order valence-corrected chi connectivity index (χ2v) is 7.69. The first kappa shape index (κ1) is 17.1. The minimum atomic E-state index is 0.594. The van der Waals surface area contributed by atoms with Crippen molar-refractivity contribution in [2.24, 2.45) is 0 Å². The second-order valence-electron chi connectivity index (χ2n) is 7.69. The third-order valence-electron chi connectivity index (χ3n) is 6.03. The molecule has 4 heterocycles. The maximum Gasteiger partial charge on any atom is 0.237 e. The van der Waals surface area contributed by atoms with Crippen LogP contribution in [0.3, 0.4) is 0 Å². The minimum Gasteiger partial charge on any atom is -0.292 e. The molecule has 0 spiro atoms. The lowest BCUT2D eigenvalue weighted by molar-refractivity contribution is 0.939. The van der Waals surface area contributed by atoms with Crippen LogP contribution in [0.5, 0.6) is 0 Å². The van der Waals surface area contributed by atoms with Gasteiger partial charge in [0.15, 0.2) is 0 Å². The molecular formula is C26H16N6. The molecule has 0 bridgehead atoms. The maximum absolute atomic E-state index is 4.70. The number of pyridine rings is 1. The highest BCUT2D eigenvalue weighted by Gasteiger charge is 2.21. The number of hydrogen-bond donors (Lipinski definition) is 0. The summed E-state index contributed by atoms with van der Waals surface area (Å²) in [5.41, 5.74) is 4.30. The van der Waals surface area contributed by atoms with Crippen molar-refractivity contribution in [1.29, 1.82) is 0 Å². The Morgan fingerprint density at radius 3 is 1.75 bits per heavy atom. The van der Waals surface area contributed by atoms with Gasteiger partial charge in [0.25, 0.3) is 0 Å². The van der Waals surface area contributed by atoms with E-state index in [1.165, 1.54) is 18.0 Å². The summed E-state index contributed by atoms with van der Waals surface area (Å²) in [5, 5.41) is 4.65. The van der Waals surface area contributed by atoms with Crippen LogP contribution in [0.2, 0.25) is 0 Å². The third kappa shape index (κ3) is 2.23. The van der Waals surface area contributed by atoms with Crippen molar-refractivity contribution >= 4 is 43.6 Å². The molecule has 0 saturated carbocycles. The Morgan fingerprint density at radius 2 is 1.09 bits per heavy atom. The number of benzene rings is 3. The topological polar surface area (TPSA) is 61.4 Å². The van der Waals surface area contributed by atoms with E-state index in [2.05, 4.69) is 78.7 Å². The van der Waals surface area contributed by atoms with Crippen LogP contribution >= 0.6 is 0 Å². The van der Waals surface area contributed by atoms with E-state index in [0.29, 0.717) is 5.95 Å². The smallest absolute Gasteiger partial charge is 0.237 e. The first-order valence-corrected chi connectivity index (χ1v) is 10.4. The second kappa shape index (κ2) is 6.46. The summed E-state index contributed by atoms with van der Waals surface area (Å²) in [6.45, 7) is 0. The Bertz CT molecular complexity index is 1630. The molecule has 3 aromatic carbocycles. The molecule has 7 rings (SSSR count). The molecule has 0 aliphatic heterocycles. The Balaban J connectivity index is 1.81. The number of para-hydroxylation sites is 2. The van der Waals surface area contributed by atoms with Crippen LogP contribution in [0.4, 0.5) is 0 Å². The molecule has 0 aliphatic carbocycles. The number of rotatable bonds is 2. The van der Waals surface area contributed by atoms with E-state index in [9.17, 15) is 0 Å². The average molecular weight is 412 g/mol. The van der Waals surface area contributed by atoms with Gasteiger partial charge in [0.1, 0.15) is 18.5 Å². The highest BCUT2D eigenvalue weighted by Crippen LogP contribution is 2.40. The first-order valence-electron chi connectivity index (χ1n) is 10.4. The van der Waals surface area contributed by atoms with E-state index in [0.717, 1.165) is 44.0 Å². The van der Waals surface area contributed by atoms with Crippen LogP contribution in [0.1, 0.15) is 0 Å². The van der Waals surface area contributed by atoms with Crippen LogP contribution in [0.15, 0.2) is 97.7 Å². The van der Waals surface area contributed by atoms with E-state index >= 15 is 0 Å². The highest BCUT2D eigenvalue weighted by molar-refractivity contribution is 6.23. The quantitative estimate of drug-likeness (QED) is 0.378. The summed E-state index contributed by atoms with van der Waals surface area (Å²) in [6.07, 6.45) is 4.91. The van der Waals surface area contributed by atoms with Gasteiger partial charge in [-0.1, -0.05) is 54.6 Å². The normalized spacial score (nSPS) is 11.8. The Labute approximate surface area is 182 Å². The molecule has 0 aliphatic rings. The number of nitrogens with zero attached hydrogens (tertiary/aromatic N) is 6. The molecule has 0 unspecified atom stereocenters. The van der Waals surface area contributed by atoms with Crippen LogP contribution < -0.4 is 0 Å². The molecule has 0 fully saturated rings. The van der Waals surface area contributed by atoms with E-state index in [1.807, 2.05) is 30.5 Å². The summed E-state index contributed by atoms with van der Waals surface area (Å²) in [6, 6.07) is 27.2. The molecule has 6 heteroatoms. The third-order valence-corrected chi connectivity index (χ3v) is 6.03. The maximum atomic E-state index is 4.70. The molecule has 4 aromatic heterocycles. The number of fused-ring (bicyclic) bond motifs is 7. The summed E-state index contributed by atoms with van der Waals surface area (Å²) in [5.74, 6) is 1.47. The molecule has 6 nitrogen and oxygen atoms in total. The summed E-state index contributed by atoms with van der Waals surface area (Å²) in [4.78, 5) is 17.7. The van der Waals surface area contributed by atoms with Gasteiger partial charge in [0, 0.05) is 27.7 Å². The lowest BCUT2D eigenvalue weighted by Gasteiger charge is -2.10. The number of hydrogen-bond acceptors (Lipinski definition) is 4. The molecule has 0 N–H and O–H groups in total. The zero-order valence-electron chi connectivity index (χ0n) is 16.9. The van der Waals surface area contributed by atoms with Gasteiger partial charge in [0.05, 0.1) is 22.1 Å². The van der Waals surface area contributed by atoms with E-state index in [-0.39, 0.29) is 0 Å². The molecule has 7 aromatic rings. The largest absolute Gasteiger partial charge is 0.292 e. The minimum absolute atomic E-state index is 0.594. The van der Waals surface area contributed by atoms with Gasteiger partial charge in [-0.05, 0) is 24.3 Å². The van der Waals surface area contributed by atoms with E-state index in [4.69, 9.17) is 4.98 Å². The molecule has 0 amide bonds. The number of aromatic nitrogens is 6. The van der Waals surface area contributed by atoms with Gasteiger partial charge in [-0.2, -0.15) is 0 Å². The first-order chi connectivity index (χ1) is 15.9. The fourth-order valence-corrected chi connectivity index (χ4v) is 4.78. The SMILES string of the molecule is c1ccc(-n2c3ccccc3c3ccc4c5ccccc5n(-c5ncncn5)c4c32)nc1. The van der Waals surface area contributed by atoms with Gasteiger partial charge >= 0.3 is 0 Å². The van der Waals surface area contributed by atoms with Crippen molar-refractivity contribution in [3.63, 3.8) is 0 Å². The molecular weight excluding hydrogens is 396 g/mol. The molecule has 0 radical (unpaired) electrons. The van der Waals surface area contributed by atoms with Crippen LogP contribution in [0.25, 0.3) is 55.4 Å². The summed E-state index contributed by atoms with van der Waals surface area (Å²) in [7, 11) is 0. The van der Waals surface area contributed by atoms with Gasteiger partial charge in [-0.3, -0.25) is 9.13 Å². The predicted molar refractivity (Wildman–Crippen MR) is 126 cm³/mol.